The fourth-order valence-corrected chi connectivity index (χ4v) is 1.69. The van der Waals surface area contributed by atoms with Gasteiger partial charge in [-0.3, -0.25) is 9.36 Å². The van der Waals surface area contributed by atoms with Crippen LogP contribution in [0.5, 0.6) is 0 Å². The van der Waals surface area contributed by atoms with Crippen LogP contribution in [0.4, 0.5) is 0 Å². The van der Waals surface area contributed by atoms with E-state index in [1.807, 2.05) is 21.8 Å². The Morgan fingerprint density at radius 3 is 3.00 bits per heavy atom. The molecule has 17 heavy (non-hydrogen) atoms. The monoisotopic (exact) mass is 234 g/mol. The van der Waals surface area contributed by atoms with Crippen LogP contribution in [0.2, 0.25) is 0 Å². The first kappa shape index (κ1) is 11.8. The number of aryl methyl sites for hydroxylation is 1. The average Bonchev–Trinajstić information content (AvgIpc) is 2.96. The molecule has 0 bridgehead atoms. The molecule has 0 spiro atoms. The molecule has 2 rings (SSSR count). The summed E-state index contributed by atoms with van der Waals surface area (Å²) < 4.78 is 3.86. The maximum Gasteiger partial charge on any atom is 0.0692 e. The minimum Gasteiger partial charge on any atom is -0.309 e. The molecule has 2 aromatic rings. The summed E-state index contributed by atoms with van der Waals surface area (Å²) in [5.41, 5.74) is 1.23. The largest absolute Gasteiger partial charge is 0.309 e. The van der Waals surface area contributed by atoms with E-state index in [9.17, 15) is 0 Å². The van der Waals surface area contributed by atoms with E-state index in [-0.39, 0.29) is 0 Å². The predicted octanol–water partition coefficient (Wildman–Crippen LogP) is 0.674. The van der Waals surface area contributed by atoms with Gasteiger partial charge in [0.2, 0.25) is 0 Å². The van der Waals surface area contributed by atoms with Crippen molar-refractivity contribution >= 4 is 0 Å². The average molecular weight is 234 g/mol. The summed E-state index contributed by atoms with van der Waals surface area (Å²) in [5.74, 6) is 0. The van der Waals surface area contributed by atoms with Crippen LogP contribution in [0, 0.1) is 0 Å². The van der Waals surface area contributed by atoms with Gasteiger partial charge in [-0.25, -0.2) is 0 Å². The molecule has 0 saturated carbocycles. The third-order valence-electron chi connectivity index (χ3n) is 2.54. The second-order valence-corrected chi connectivity index (χ2v) is 3.89. The number of aromatic nitrogens is 5. The minimum atomic E-state index is 0.835. The molecule has 0 aliphatic rings. The van der Waals surface area contributed by atoms with Crippen LogP contribution in [-0.2, 0) is 19.6 Å². The number of hydrogen-bond donors (Lipinski definition) is 1. The molecular weight excluding hydrogens is 216 g/mol. The maximum atomic E-state index is 4.28. The summed E-state index contributed by atoms with van der Waals surface area (Å²) in [6.45, 7) is 5.69. The van der Waals surface area contributed by atoms with Crippen molar-refractivity contribution in [1.29, 1.82) is 0 Å². The van der Waals surface area contributed by atoms with Crippen LogP contribution in [0.3, 0.4) is 0 Å². The molecule has 1 N–H and O–H groups in total. The molecule has 0 atom stereocenters. The van der Waals surface area contributed by atoms with Crippen LogP contribution in [0.15, 0.2) is 24.7 Å². The molecule has 2 aromatic heterocycles. The Morgan fingerprint density at radius 2 is 2.24 bits per heavy atom. The zero-order valence-corrected chi connectivity index (χ0v) is 10.1. The summed E-state index contributed by atoms with van der Waals surface area (Å²) >= 11 is 0. The molecular formula is C11H18N6. The molecule has 0 aliphatic carbocycles. The quantitative estimate of drug-likeness (QED) is 0.715. The van der Waals surface area contributed by atoms with Gasteiger partial charge in [0.25, 0.3) is 0 Å². The number of nitrogens with zero attached hydrogens (tertiary/aromatic N) is 5. The van der Waals surface area contributed by atoms with Gasteiger partial charge >= 0.3 is 0 Å². The smallest absolute Gasteiger partial charge is 0.0692 e. The summed E-state index contributed by atoms with van der Waals surface area (Å²) in [5, 5.41) is 15.3. The second kappa shape index (κ2) is 6.15. The van der Waals surface area contributed by atoms with E-state index in [1.54, 1.807) is 6.20 Å². The third kappa shape index (κ3) is 3.39. The summed E-state index contributed by atoms with van der Waals surface area (Å²) in [4.78, 5) is 0. The van der Waals surface area contributed by atoms with Gasteiger partial charge in [0, 0.05) is 32.0 Å². The van der Waals surface area contributed by atoms with Crippen molar-refractivity contribution in [1.82, 2.24) is 30.1 Å². The number of hydrogen-bond acceptors (Lipinski definition) is 4. The van der Waals surface area contributed by atoms with E-state index in [0.29, 0.717) is 0 Å². The van der Waals surface area contributed by atoms with Crippen molar-refractivity contribution in [3.05, 3.63) is 30.4 Å². The molecule has 0 saturated heterocycles. The van der Waals surface area contributed by atoms with Crippen molar-refractivity contribution in [2.75, 3.05) is 6.54 Å². The molecule has 0 aromatic carbocycles. The zero-order valence-electron chi connectivity index (χ0n) is 10.1. The van der Waals surface area contributed by atoms with Gasteiger partial charge in [0.15, 0.2) is 0 Å². The van der Waals surface area contributed by atoms with Crippen LogP contribution >= 0.6 is 0 Å². The van der Waals surface area contributed by atoms with Crippen molar-refractivity contribution in [2.45, 2.75) is 33.0 Å². The molecule has 0 radical (unpaired) electrons. The first-order chi connectivity index (χ1) is 8.40. The Bertz CT molecular complexity index is 419. The lowest BCUT2D eigenvalue weighted by molar-refractivity contribution is 0.514. The van der Waals surface area contributed by atoms with Crippen molar-refractivity contribution in [3.63, 3.8) is 0 Å². The Labute approximate surface area is 101 Å². The molecule has 0 aliphatic heterocycles. The van der Waals surface area contributed by atoms with Crippen LogP contribution in [-0.4, -0.2) is 31.3 Å². The Kier molecular flexibility index (Phi) is 4.26. The molecule has 0 fully saturated rings. The standard InChI is InChI=1S/C11H18N6/c1-2-7-17-11(3-4-14-17)10-12-5-8-16-9-6-13-15-16/h3-4,6,9,12H,2,5,7-8,10H2,1H3. The molecule has 6 heteroatoms. The van der Waals surface area contributed by atoms with Crippen molar-refractivity contribution in [2.24, 2.45) is 0 Å². The van der Waals surface area contributed by atoms with Gasteiger partial charge < -0.3 is 5.32 Å². The van der Waals surface area contributed by atoms with E-state index in [0.717, 1.165) is 32.6 Å². The Balaban J connectivity index is 1.72. The Morgan fingerprint density at radius 1 is 1.29 bits per heavy atom. The molecule has 0 unspecified atom stereocenters. The van der Waals surface area contributed by atoms with Gasteiger partial charge in [-0.1, -0.05) is 12.1 Å². The fraction of sp³-hybridized carbons (Fsp3) is 0.545. The fourth-order valence-electron chi connectivity index (χ4n) is 1.69. The number of rotatable bonds is 7. The summed E-state index contributed by atoms with van der Waals surface area (Å²) in [6.07, 6.45) is 6.51. The van der Waals surface area contributed by atoms with Gasteiger partial charge in [-0.05, 0) is 12.5 Å². The van der Waals surface area contributed by atoms with Gasteiger partial charge in [0.05, 0.1) is 18.4 Å². The summed E-state index contributed by atoms with van der Waals surface area (Å²) in [6, 6.07) is 2.05. The predicted molar refractivity (Wildman–Crippen MR) is 64.2 cm³/mol. The highest BCUT2D eigenvalue weighted by Gasteiger charge is 2.00. The topological polar surface area (TPSA) is 60.6 Å². The van der Waals surface area contributed by atoms with Crippen LogP contribution < -0.4 is 5.32 Å². The SMILES string of the molecule is CCCn1nccc1CNCCn1ccnn1. The lowest BCUT2D eigenvalue weighted by atomic mass is 10.4. The lowest BCUT2D eigenvalue weighted by Gasteiger charge is -2.07. The van der Waals surface area contributed by atoms with Gasteiger partial charge in [-0.2, -0.15) is 5.10 Å². The second-order valence-electron chi connectivity index (χ2n) is 3.89. The summed E-state index contributed by atoms with van der Waals surface area (Å²) in [7, 11) is 0. The molecule has 92 valence electrons. The van der Waals surface area contributed by atoms with Crippen LogP contribution in [0.25, 0.3) is 0 Å². The van der Waals surface area contributed by atoms with E-state index < -0.39 is 0 Å². The van der Waals surface area contributed by atoms with E-state index in [1.165, 1.54) is 5.69 Å². The highest BCUT2D eigenvalue weighted by atomic mass is 15.4. The highest BCUT2D eigenvalue weighted by Crippen LogP contribution is 1.99. The highest BCUT2D eigenvalue weighted by molar-refractivity contribution is 4.99. The molecule has 2 heterocycles. The number of nitrogens with one attached hydrogen (secondary N) is 1. The molecule has 6 nitrogen and oxygen atoms in total. The minimum absolute atomic E-state index is 0.835. The first-order valence-corrected chi connectivity index (χ1v) is 5.95. The maximum absolute atomic E-state index is 4.28. The van der Waals surface area contributed by atoms with Gasteiger partial charge in [0.1, 0.15) is 0 Å². The zero-order chi connectivity index (χ0) is 11.9. The third-order valence-corrected chi connectivity index (χ3v) is 2.54. The normalized spacial score (nSPS) is 10.9. The molecule has 0 amide bonds. The van der Waals surface area contributed by atoms with Crippen molar-refractivity contribution < 1.29 is 0 Å². The van der Waals surface area contributed by atoms with Gasteiger partial charge in [-0.15, -0.1) is 5.10 Å². The van der Waals surface area contributed by atoms with E-state index in [2.05, 4.69) is 33.7 Å². The van der Waals surface area contributed by atoms with Crippen LogP contribution in [0.1, 0.15) is 19.0 Å². The van der Waals surface area contributed by atoms with Crippen molar-refractivity contribution in [3.8, 4) is 0 Å². The Hall–Kier alpha value is -1.69. The van der Waals surface area contributed by atoms with E-state index in [4.69, 9.17) is 0 Å². The lowest BCUT2D eigenvalue weighted by Crippen LogP contribution is -2.21. The first-order valence-electron chi connectivity index (χ1n) is 5.95. The van der Waals surface area contributed by atoms with E-state index >= 15 is 0 Å².